The van der Waals surface area contributed by atoms with Crippen LogP contribution in [0.4, 0.5) is 15.2 Å². The molecule has 1 amide bonds. The van der Waals surface area contributed by atoms with Crippen molar-refractivity contribution in [3.8, 4) is 0 Å². The van der Waals surface area contributed by atoms with Gasteiger partial charge in [-0.2, -0.15) is 4.37 Å². The molecule has 0 atom stereocenters. The number of carbonyl (C=O) groups is 1. The Morgan fingerprint density at radius 3 is 2.84 bits per heavy atom. The maximum Gasteiger partial charge on any atom is 0.282 e. The van der Waals surface area contributed by atoms with Gasteiger partial charge in [0.1, 0.15) is 17.2 Å². The number of amides is 1. The zero-order valence-corrected chi connectivity index (χ0v) is 10.4. The van der Waals surface area contributed by atoms with E-state index in [9.17, 15) is 19.3 Å². The van der Waals surface area contributed by atoms with Gasteiger partial charge in [0.05, 0.1) is 4.92 Å². The summed E-state index contributed by atoms with van der Waals surface area (Å²) in [6, 6.07) is 2.67. The molecule has 0 spiro atoms. The van der Waals surface area contributed by atoms with Crippen LogP contribution >= 0.6 is 11.5 Å². The van der Waals surface area contributed by atoms with Crippen molar-refractivity contribution in [2.24, 2.45) is 0 Å². The SMILES string of the molecule is Cc1nsc(NC(=O)c2cc(F)ccc2[N+](=O)[O-])n1. The molecule has 2 rings (SSSR count). The van der Waals surface area contributed by atoms with Crippen molar-refractivity contribution >= 4 is 28.3 Å². The summed E-state index contributed by atoms with van der Waals surface area (Å²) in [7, 11) is 0. The van der Waals surface area contributed by atoms with E-state index < -0.39 is 22.3 Å². The number of rotatable bonds is 3. The van der Waals surface area contributed by atoms with E-state index in [-0.39, 0.29) is 10.7 Å². The van der Waals surface area contributed by atoms with Gasteiger partial charge >= 0.3 is 0 Å². The summed E-state index contributed by atoms with van der Waals surface area (Å²) in [5.41, 5.74) is -0.835. The van der Waals surface area contributed by atoms with Crippen LogP contribution < -0.4 is 5.32 Å². The van der Waals surface area contributed by atoms with Gasteiger partial charge in [0.2, 0.25) is 5.13 Å². The molecule has 98 valence electrons. The predicted molar refractivity (Wildman–Crippen MR) is 65.7 cm³/mol. The van der Waals surface area contributed by atoms with E-state index in [4.69, 9.17) is 0 Å². The van der Waals surface area contributed by atoms with Crippen molar-refractivity contribution in [2.45, 2.75) is 6.92 Å². The molecule has 0 aliphatic carbocycles. The lowest BCUT2D eigenvalue weighted by molar-refractivity contribution is -0.385. The minimum atomic E-state index is -0.803. The molecule has 0 aliphatic rings. The summed E-state index contributed by atoms with van der Waals surface area (Å²) < 4.78 is 16.9. The Labute approximate surface area is 110 Å². The van der Waals surface area contributed by atoms with Crippen molar-refractivity contribution in [2.75, 3.05) is 5.32 Å². The van der Waals surface area contributed by atoms with Crippen molar-refractivity contribution < 1.29 is 14.1 Å². The van der Waals surface area contributed by atoms with Crippen molar-refractivity contribution in [3.05, 3.63) is 45.5 Å². The molecule has 1 aromatic carbocycles. The average molecular weight is 282 g/mol. The first-order valence-corrected chi connectivity index (χ1v) is 5.80. The molecule has 7 nitrogen and oxygen atoms in total. The highest BCUT2D eigenvalue weighted by Crippen LogP contribution is 2.21. The lowest BCUT2D eigenvalue weighted by Gasteiger charge is -2.02. The molecule has 0 aliphatic heterocycles. The zero-order valence-electron chi connectivity index (χ0n) is 9.58. The normalized spacial score (nSPS) is 10.2. The lowest BCUT2D eigenvalue weighted by Crippen LogP contribution is -2.14. The molecule has 9 heteroatoms. The highest BCUT2D eigenvalue weighted by Gasteiger charge is 2.21. The van der Waals surface area contributed by atoms with Crippen molar-refractivity contribution in [1.29, 1.82) is 0 Å². The molecular formula is C10H7FN4O3S. The smallest absolute Gasteiger partial charge is 0.282 e. The number of nitro groups is 1. The molecule has 2 aromatic rings. The number of carbonyl (C=O) groups excluding carboxylic acids is 1. The minimum absolute atomic E-state index is 0.195. The highest BCUT2D eigenvalue weighted by molar-refractivity contribution is 7.09. The van der Waals surface area contributed by atoms with Gasteiger partial charge in [-0.1, -0.05) is 0 Å². The second-order valence-corrected chi connectivity index (χ2v) is 4.27. The quantitative estimate of drug-likeness (QED) is 0.687. The molecule has 0 unspecified atom stereocenters. The predicted octanol–water partition coefficient (Wildman–Crippen LogP) is 2.15. The van der Waals surface area contributed by atoms with E-state index >= 15 is 0 Å². The van der Waals surface area contributed by atoms with Crippen LogP contribution in [0.3, 0.4) is 0 Å². The highest BCUT2D eigenvalue weighted by atomic mass is 32.1. The number of halogens is 1. The summed E-state index contributed by atoms with van der Waals surface area (Å²) in [6.07, 6.45) is 0. The maximum atomic E-state index is 13.1. The Bertz CT molecular complexity index is 658. The third-order valence-electron chi connectivity index (χ3n) is 2.15. The van der Waals surface area contributed by atoms with Crippen LogP contribution in [0.25, 0.3) is 0 Å². The second-order valence-electron chi connectivity index (χ2n) is 3.52. The Hall–Kier alpha value is -2.42. The van der Waals surface area contributed by atoms with Gasteiger partial charge in [-0.05, 0) is 19.1 Å². The first-order valence-electron chi connectivity index (χ1n) is 5.03. The van der Waals surface area contributed by atoms with Crippen molar-refractivity contribution in [3.63, 3.8) is 0 Å². The first kappa shape index (κ1) is 13.0. The van der Waals surface area contributed by atoms with Gasteiger partial charge < -0.3 is 0 Å². The third kappa shape index (κ3) is 2.88. The van der Waals surface area contributed by atoms with Crippen LogP contribution in [0.2, 0.25) is 0 Å². The number of nitro benzene ring substituents is 1. The van der Waals surface area contributed by atoms with Gasteiger partial charge in [0.25, 0.3) is 11.6 Å². The number of aryl methyl sites for hydroxylation is 1. The fraction of sp³-hybridized carbons (Fsp3) is 0.100. The molecule has 0 saturated carbocycles. The second kappa shape index (κ2) is 5.06. The summed E-state index contributed by atoms with van der Waals surface area (Å²) >= 11 is 0.934. The number of anilines is 1. The Morgan fingerprint density at radius 2 is 2.26 bits per heavy atom. The van der Waals surface area contributed by atoms with Crippen molar-refractivity contribution in [1.82, 2.24) is 9.36 Å². The Balaban J connectivity index is 2.32. The molecule has 0 bridgehead atoms. The number of nitrogens with zero attached hydrogens (tertiary/aromatic N) is 3. The van der Waals surface area contributed by atoms with Gasteiger partial charge in [-0.3, -0.25) is 20.2 Å². The molecular weight excluding hydrogens is 275 g/mol. The van der Waals surface area contributed by atoms with E-state index in [2.05, 4.69) is 14.7 Å². The number of hydrogen-bond donors (Lipinski definition) is 1. The Kier molecular flexibility index (Phi) is 3.47. The van der Waals surface area contributed by atoms with E-state index in [1.165, 1.54) is 0 Å². The van der Waals surface area contributed by atoms with Crippen LogP contribution in [0.1, 0.15) is 16.2 Å². The lowest BCUT2D eigenvalue weighted by atomic mass is 10.1. The first-order chi connectivity index (χ1) is 8.97. The average Bonchev–Trinajstić information content (AvgIpc) is 2.74. The summed E-state index contributed by atoms with van der Waals surface area (Å²) in [5.74, 6) is -1.07. The van der Waals surface area contributed by atoms with Gasteiger partial charge in [0, 0.05) is 17.6 Å². The largest absolute Gasteiger partial charge is 0.296 e. The van der Waals surface area contributed by atoms with Gasteiger partial charge in [-0.15, -0.1) is 0 Å². The van der Waals surface area contributed by atoms with Crippen LogP contribution in [0, 0.1) is 22.9 Å². The third-order valence-corrected chi connectivity index (χ3v) is 2.87. The van der Waals surface area contributed by atoms with E-state index in [0.717, 1.165) is 29.7 Å². The van der Waals surface area contributed by atoms with Crippen LogP contribution in [-0.2, 0) is 0 Å². The van der Waals surface area contributed by atoms with Crippen LogP contribution in [0.15, 0.2) is 18.2 Å². The molecule has 19 heavy (non-hydrogen) atoms. The van der Waals surface area contributed by atoms with E-state index in [1.807, 2.05) is 0 Å². The van der Waals surface area contributed by atoms with Gasteiger partial charge in [0.15, 0.2) is 0 Å². The zero-order chi connectivity index (χ0) is 14.0. The summed E-state index contributed by atoms with van der Waals surface area (Å²) in [4.78, 5) is 25.8. The molecule has 0 fully saturated rings. The standard InChI is InChI=1S/C10H7FN4O3S/c1-5-12-10(19-14-5)13-9(16)7-4-6(11)2-3-8(7)15(17)18/h2-4H,1H3,(H,12,13,14,16). The van der Waals surface area contributed by atoms with Crippen LogP contribution in [-0.4, -0.2) is 20.2 Å². The number of nitrogens with one attached hydrogen (secondary N) is 1. The fourth-order valence-corrected chi connectivity index (χ4v) is 1.93. The van der Waals surface area contributed by atoms with Crippen LogP contribution in [0.5, 0.6) is 0 Å². The molecule has 0 radical (unpaired) electrons. The molecule has 1 N–H and O–H groups in total. The Morgan fingerprint density at radius 1 is 1.53 bits per heavy atom. The van der Waals surface area contributed by atoms with E-state index in [1.54, 1.807) is 6.92 Å². The monoisotopic (exact) mass is 282 g/mol. The number of aromatic nitrogens is 2. The summed E-state index contributed by atoms with van der Waals surface area (Å²) in [6.45, 7) is 1.64. The van der Waals surface area contributed by atoms with E-state index in [0.29, 0.717) is 5.82 Å². The topological polar surface area (TPSA) is 98.0 Å². The minimum Gasteiger partial charge on any atom is -0.296 e. The number of benzene rings is 1. The maximum absolute atomic E-state index is 13.1. The molecule has 0 saturated heterocycles. The fourth-order valence-electron chi connectivity index (χ4n) is 1.36. The molecule has 1 heterocycles. The summed E-state index contributed by atoms with van der Waals surface area (Å²) in [5, 5.41) is 13.3. The van der Waals surface area contributed by atoms with Gasteiger partial charge in [-0.25, -0.2) is 9.37 Å². The number of hydrogen-bond acceptors (Lipinski definition) is 6. The molecule has 1 aromatic heterocycles.